The summed E-state index contributed by atoms with van der Waals surface area (Å²) in [6.45, 7) is 1.21. The van der Waals surface area contributed by atoms with Crippen LogP contribution in [0.5, 0.6) is 0 Å². The smallest absolute Gasteiger partial charge is 0.223 e. The topological polar surface area (TPSA) is 47.9 Å². The number of hydrogen-bond donors (Lipinski definition) is 1. The zero-order valence-corrected chi connectivity index (χ0v) is 15.5. The molecule has 1 aromatic rings. The first-order valence-corrected chi connectivity index (χ1v) is 6.70. The van der Waals surface area contributed by atoms with E-state index in [0.29, 0.717) is 19.5 Å². The maximum atomic E-state index is 11.5. The molecule has 0 unspecified atom stereocenters. The molecule has 0 aliphatic heterocycles. The van der Waals surface area contributed by atoms with Crippen LogP contribution < -0.4 is 5.32 Å². The molecule has 0 heterocycles. The third-order valence-corrected chi connectivity index (χ3v) is 2.80. The van der Waals surface area contributed by atoms with Crippen molar-refractivity contribution in [2.75, 3.05) is 34.7 Å². The average Bonchev–Trinajstić information content (AvgIpc) is 2.42. The van der Waals surface area contributed by atoms with E-state index >= 15 is 0 Å². The number of nitrogens with zero attached hydrogens (tertiary/aromatic N) is 3. The zero-order chi connectivity index (χ0) is 15.0. The molecule has 21 heavy (non-hydrogen) atoms. The van der Waals surface area contributed by atoms with E-state index < -0.39 is 0 Å². The summed E-state index contributed by atoms with van der Waals surface area (Å²) in [5, 5.41) is 3.20. The van der Waals surface area contributed by atoms with Crippen LogP contribution in [0.1, 0.15) is 12.0 Å². The molecule has 0 spiro atoms. The Morgan fingerprint density at radius 2 is 1.71 bits per heavy atom. The largest absolute Gasteiger partial charge is 0.356 e. The SMILES string of the molecule is CN(C)C(=O)CCNC(=NCc1ccccc1)N(C)C.I. The first-order valence-electron chi connectivity index (χ1n) is 6.70. The van der Waals surface area contributed by atoms with Crippen molar-refractivity contribution in [2.24, 2.45) is 4.99 Å². The van der Waals surface area contributed by atoms with Gasteiger partial charge in [0.25, 0.3) is 0 Å². The van der Waals surface area contributed by atoms with Crippen molar-refractivity contribution in [3.05, 3.63) is 35.9 Å². The summed E-state index contributed by atoms with van der Waals surface area (Å²) in [5.74, 6) is 0.902. The molecule has 6 heteroatoms. The van der Waals surface area contributed by atoms with E-state index in [1.807, 2.05) is 49.3 Å². The summed E-state index contributed by atoms with van der Waals surface area (Å²) in [5.41, 5.74) is 1.16. The van der Waals surface area contributed by atoms with E-state index in [0.717, 1.165) is 11.5 Å². The maximum absolute atomic E-state index is 11.5. The molecule has 5 nitrogen and oxygen atoms in total. The van der Waals surface area contributed by atoms with Crippen LogP contribution in [-0.4, -0.2) is 56.4 Å². The van der Waals surface area contributed by atoms with Gasteiger partial charge < -0.3 is 15.1 Å². The van der Waals surface area contributed by atoms with Gasteiger partial charge in [0.15, 0.2) is 5.96 Å². The average molecular weight is 404 g/mol. The van der Waals surface area contributed by atoms with E-state index in [1.54, 1.807) is 19.0 Å². The molecular weight excluding hydrogens is 379 g/mol. The van der Waals surface area contributed by atoms with E-state index in [1.165, 1.54) is 0 Å². The van der Waals surface area contributed by atoms with Gasteiger partial charge in [0, 0.05) is 41.2 Å². The number of hydrogen-bond acceptors (Lipinski definition) is 2. The fraction of sp³-hybridized carbons (Fsp3) is 0.467. The number of benzene rings is 1. The van der Waals surface area contributed by atoms with Gasteiger partial charge in [-0.05, 0) is 5.56 Å². The van der Waals surface area contributed by atoms with Crippen LogP contribution in [0.3, 0.4) is 0 Å². The van der Waals surface area contributed by atoms with E-state index in [4.69, 9.17) is 0 Å². The number of guanidine groups is 1. The Balaban J connectivity index is 0.00000400. The summed E-state index contributed by atoms with van der Waals surface area (Å²) in [4.78, 5) is 19.6. The Labute approximate surface area is 144 Å². The Kier molecular flexibility index (Phi) is 9.77. The second kappa shape index (κ2) is 10.4. The molecule has 0 aliphatic rings. The van der Waals surface area contributed by atoms with Crippen molar-refractivity contribution in [3.8, 4) is 0 Å². The highest BCUT2D eigenvalue weighted by molar-refractivity contribution is 14.0. The molecule has 0 aromatic heterocycles. The normalized spacial score (nSPS) is 10.6. The Bertz CT molecular complexity index is 446. The zero-order valence-electron chi connectivity index (χ0n) is 13.2. The van der Waals surface area contributed by atoms with Crippen LogP contribution in [0.2, 0.25) is 0 Å². The predicted molar refractivity (Wildman–Crippen MR) is 98.0 cm³/mol. The van der Waals surface area contributed by atoms with Gasteiger partial charge in [-0.2, -0.15) is 0 Å². The van der Waals surface area contributed by atoms with Crippen molar-refractivity contribution in [1.29, 1.82) is 0 Å². The molecular formula is C15H25IN4O. The standard InChI is InChI=1S/C15H24N4O.HI/c1-18(2)14(20)10-11-16-15(19(3)4)17-12-13-8-6-5-7-9-13;/h5-9H,10-12H2,1-4H3,(H,16,17);1H. The molecule has 0 fully saturated rings. The summed E-state index contributed by atoms with van der Waals surface area (Å²) in [6.07, 6.45) is 0.463. The van der Waals surface area contributed by atoms with Crippen molar-refractivity contribution in [2.45, 2.75) is 13.0 Å². The van der Waals surface area contributed by atoms with Gasteiger partial charge in [0.1, 0.15) is 0 Å². The second-order valence-corrected chi connectivity index (χ2v) is 4.98. The highest BCUT2D eigenvalue weighted by Gasteiger charge is 2.05. The molecule has 1 rings (SSSR count). The molecule has 118 valence electrons. The van der Waals surface area contributed by atoms with E-state index in [9.17, 15) is 4.79 Å². The lowest BCUT2D eigenvalue weighted by atomic mass is 10.2. The van der Waals surface area contributed by atoms with Crippen molar-refractivity contribution in [3.63, 3.8) is 0 Å². The third kappa shape index (κ3) is 7.89. The number of halogens is 1. The van der Waals surface area contributed by atoms with Gasteiger partial charge in [0.05, 0.1) is 6.54 Å². The number of carbonyl (C=O) groups excluding carboxylic acids is 1. The minimum absolute atomic E-state index is 0. The summed E-state index contributed by atoms with van der Waals surface area (Å²) in [7, 11) is 7.40. The lowest BCUT2D eigenvalue weighted by Gasteiger charge is -2.18. The quantitative estimate of drug-likeness (QED) is 0.463. The molecule has 0 atom stereocenters. The first-order chi connectivity index (χ1) is 9.50. The Morgan fingerprint density at radius 1 is 1.10 bits per heavy atom. The molecule has 0 saturated carbocycles. The number of aliphatic imine (C=N–C) groups is 1. The minimum atomic E-state index is 0. The highest BCUT2D eigenvalue weighted by atomic mass is 127. The minimum Gasteiger partial charge on any atom is -0.356 e. The Hall–Kier alpha value is -1.31. The molecule has 1 aromatic carbocycles. The van der Waals surface area contributed by atoms with Crippen LogP contribution in [0.25, 0.3) is 0 Å². The van der Waals surface area contributed by atoms with Crippen molar-refractivity contribution < 1.29 is 4.79 Å². The van der Waals surface area contributed by atoms with Gasteiger partial charge >= 0.3 is 0 Å². The fourth-order valence-corrected chi connectivity index (χ4v) is 1.61. The van der Waals surface area contributed by atoms with Crippen LogP contribution in [0.4, 0.5) is 0 Å². The van der Waals surface area contributed by atoms with Gasteiger partial charge in [0.2, 0.25) is 5.91 Å². The van der Waals surface area contributed by atoms with Crippen molar-refractivity contribution in [1.82, 2.24) is 15.1 Å². The monoisotopic (exact) mass is 404 g/mol. The predicted octanol–water partition coefficient (Wildman–Crippen LogP) is 1.79. The lowest BCUT2D eigenvalue weighted by molar-refractivity contribution is -0.128. The second-order valence-electron chi connectivity index (χ2n) is 4.98. The summed E-state index contributed by atoms with van der Waals surface area (Å²) >= 11 is 0. The number of rotatable bonds is 5. The maximum Gasteiger partial charge on any atom is 0.223 e. The highest BCUT2D eigenvalue weighted by Crippen LogP contribution is 2.00. The number of amides is 1. The van der Waals surface area contributed by atoms with Gasteiger partial charge in [-0.25, -0.2) is 4.99 Å². The summed E-state index contributed by atoms with van der Waals surface area (Å²) < 4.78 is 0. The molecule has 1 N–H and O–H groups in total. The van der Waals surface area contributed by atoms with Crippen LogP contribution >= 0.6 is 24.0 Å². The molecule has 0 bridgehead atoms. The molecule has 0 aliphatic carbocycles. The number of nitrogens with one attached hydrogen (secondary N) is 1. The molecule has 1 amide bonds. The van der Waals surface area contributed by atoms with Crippen molar-refractivity contribution >= 4 is 35.8 Å². The Morgan fingerprint density at radius 3 is 2.24 bits per heavy atom. The van der Waals surface area contributed by atoms with Gasteiger partial charge in [-0.3, -0.25) is 4.79 Å². The van der Waals surface area contributed by atoms with E-state index in [-0.39, 0.29) is 29.9 Å². The van der Waals surface area contributed by atoms with Crippen LogP contribution in [-0.2, 0) is 11.3 Å². The molecule has 0 radical (unpaired) electrons. The fourth-order valence-electron chi connectivity index (χ4n) is 1.61. The first kappa shape index (κ1) is 19.7. The van der Waals surface area contributed by atoms with Crippen LogP contribution in [0, 0.1) is 0 Å². The molecule has 0 saturated heterocycles. The third-order valence-electron chi connectivity index (χ3n) is 2.80. The van der Waals surface area contributed by atoms with E-state index in [2.05, 4.69) is 10.3 Å². The van der Waals surface area contributed by atoms with Gasteiger partial charge in [-0.1, -0.05) is 30.3 Å². The lowest BCUT2D eigenvalue weighted by Crippen LogP contribution is -2.38. The number of carbonyl (C=O) groups is 1. The summed E-state index contributed by atoms with van der Waals surface area (Å²) in [6, 6.07) is 10.1. The van der Waals surface area contributed by atoms with Crippen LogP contribution in [0.15, 0.2) is 35.3 Å². The van der Waals surface area contributed by atoms with Gasteiger partial charge in [-0.15, -0.1) is 24.0 Å².